The van der Waals surface area contributed by atoms with Crippen LogP contribution in [0.4, 0.5) is 11.4 Å². The second kappa shape index (κ2) is 10.1. The fourth-order valence-corrected chi connectivity index (χ4v) is 2.97. The van der Waals surface area contributed by atoms with Gasteiger partial charge in [0, 0.05) is 23.5 Å². The van der Waals surface area contributed by atoms with Crippen molar-refractivity contribution in [1.82, 2.24) is 0 Å². The first-order valence-corrected chi connectivity index (χ1v) is 9.68. The van der Waals surface area contributed by atoms with Crippen molar-refractivity contribution in [1.29, 1.82) is 0 Å². The summed E-state index contributed by atoms with van der Waals surface area (Å²) in [6, 6.07) is 16.6. The number of para-hydroxylation sites is 1. The summed E-state index contributed by atoms with van der Waals surface area (Å²) in [5.74, 6) is -0.396. The van der Waals surface area contributed by atoms with E-state index in [0.717, 1.165) is 16.8 Å². The minimum atomic E-state index is -1.01. The van der Waals surface area contributed by atoms with Crippen molar-refractivity contribution in [3.05, 3.63) is 78.0 Å². The van der Waals surface area contributed by atoms with Gasteiger partial charge in [-0.3, -0.25) is 9.59 Å². The molecule has 3 rings (SSSR count). The van der Waals surface area contributed by atoms with Crippen LogP contribution in [-0.4, -0.2) is 16.0 Å². The molecule has 0 saturated carbocycles. The summed E-state index contributed by atoms with van der Waals surface area (Å²) in [6.45, 7) is 1.39. The maximum Gasteiger partial charge on any atom is 0.231 e. The molecule has 0 aliphatic heterocycles. The highest BCUT2D eigenvalue weighted by Crippen LogP contribution is 2.40. The molecule has 7 heteroatoms. The van der Waals surface area contributed by atoms with E-state index < -0.39 is 4.33 Å². The Balaban J connectivity index is 0.000000212. The van der Waals surface area contributed by atoms with Crippen molar-refractivity contribution in [3.8, 4) is 0 Å². The van der Waals surface area contributed by atoms with Crippen LogP contribution in [0.15, 0.2) is 72.4 Å². The summed E-state index contributed by atoms with van der Waals surface area (Å²) in [4.78, 5) is 21.7. The Morgan fingerprint density at radius 2 is 1.62 bits per heavy atom. The normalized spacial score (nSPS) is 14.6. The summed E-state index contributed by atoms with van der Waals surface area (Å²) < 4.78 is -1.01. The summed E-state index contributed by atoms with van der Waals surface area (Å²) in [5, 5.41) is 2.61. The summed E-state index contributed by atoms with van der Waals surface area (Å²) in [5.41, 5.74) is 15.4. The van der Waals surface area contributed by atoms with Gasteiger partial charge in [-0.15, -0.1) is 0 Å². The largest absolute Gasteiger partial charge is 0.400 e. The van der Waals surface area contributed by atoms with Crippen LogP contribution >= 0.6 is 23.2 Å². The number of nitrogens with two attached hydrogens (primary N) is 2. The molecule has 0 unspecified atom stereocenters. The van der Waals surface area contributed by atoms with Crippen molar-refractivity contribution in [3.63, 3.8) is 0 Å². The maximum atomic E-state index is 11.1. The van der Waals surface area contributed by atoms with Crippen molar-refractivity contribution in [2.24, 2.45) is 5.73 Å². The standard InChI is InChI=1S/C12H12Cl2N2.C10H11NO2/c13-12(14)7-9(3-6-11(12)16)8-1-4-10(15)5-2-8;1-8(12)7-10(13)11-9-5-3-2-4-6-9/h1-6H,7,15-16H2;2-6H,7H2,1H3,(H,11,13). The minimum Gasteiger partial charge on any atom is -0.400 e. The molecule has 0 fully saturated rings. The second-order valence-electron chi connectivity index (χ2n) is 6.61. The molecule has 0 radical (unpaired) electrons. The number of allylic oxidation sites excluding steroid dienone is 4. The van der Waals surface area contributed by atoms with E-state index in [9.17, 15) is 9.59 Å². The first kappa shape index (κ1) is 22.5. The van der Waals surface area contributed by atoms with E-state index in [2.05, 4.69) is 5.32 Å². The van der Waals surface area contributed by atoms with E-state index in [4.69, 9.17) is 34.7 Å². The van der Waals surface area contributed by atoms with E-state index in [-0.39, 0.29) is 18.1 Å². The number of hydrogen-bond acceptors (Lipinski definition) is 4. The van der Waals surface area contributed by atoms with Crippen LogP contribution in [0.1, 0.15) is 25.3 Å². The number of benzene rings is 2. The molecule has 0 saturated heterocycles. The fraction of sp³-hybridized carbons (Fsp3) is 0.182. The van der Waals surface area contributed by atoms with Gasteiger partial charge in [0.1, 0.15) is 5.78 Å². The summed E-state index contributed by atoms with van der Waals surface area (Å²) >= 11 is 12.2. The zero-order valence-corrected chi connectivity index (χ0v) is 17.5. The lowest BCUT2D eigenvalue weighted by atomic mass is 9.95. The number of carbonyl (C=O) groups excluding carboxylic acids is 2. The minimum absolute atomic E-state index is 0.0606. The first-order chi connectivity index (χ1) is 13.7. The number of Topliss-reactive ketones (excluding diaryl/α,β-unsaturated/α-hetero) is 1. The van der Waals surface area contributed by atoms with Crippen molar-refractivity contribution in [2.75, 3.05) is 11.1 Å². The molecule has 2 aromatic carbocycles. The van der Waals surface area contributed by atoms with Crippen LogP contribution in [0, 0.1) is 0 Å². The van der Waals surface area contributed by atoms with E-state index in [1.54, 1.807) is 18.2 Å². The molecule has 5 N–H and O–H groups in total. The molecule has 0 atom stereocenters. The number of alkyl halides is 2. The fourth-order valence-electron chi connectivity index (χ4n) is 2.56. The number of nitrogens with one attached hydrogen (secondary N) is 1. The predicted octanol–water partition coefficient (Wildman–Crippen LogP) is 4.68. The third-order valence-electron chi connectivity index (χ3n) is 4.05. The monoisotopic (exact) mass is 431 g/mol. The number of rotatable bonds is 4. The van der Waals surface area contributed by atoms with Gasteiger partial charge in [0.2, 0.25) is 5.91 Å². The molecule has 29 heavy (non-hydrogen) atoms. The SMILES string of the molecule is CC(=O)CC(=O)Nc1ccccc1.NC1=CC=C(c2ccc(N)cc2)CC1(Cl)Cl. The zero-order chi connectivity index (χ0) is 21.4. The third-order valence-corrected chi connectivity index (χ3v) is 4.75. The number of halogens is 2. The Morgan fingerprint density at radius 1 is 1.00 bits per heavy atom. The molecule has 0 spiro atoms. The smallest absolute Gasteiger partial charge is 0.231 e. The van der Waals surface area contributed by atoms with Gasteiger partial charge in [0.25, 0.3) is 0 Å². The lowest BCUT2D eigenvalue weighted by Gasteiger charge is -2.25. The van der Waals surface area contributed by atoms with Gasteiger partial charge in [-0.1, -0.05) is 59.6 Å². The summed E-state index contributed by atoms with van der Waals surface area (Å²) in [7, 11) is 0. The highest BCUT2D eigenvalue weighted by molar-refractivity contribution is 6.51. The van der Waals surface area contributed by atoms with Crippen LogP contribution in [0.3, 0.4) is 0 Å². The Morgan fingerprint density at radius 3 is 2.17 bits per heavy atom. The van der Waals surface area contributed by atoms with E-state index >= 15 is 0 Å². The average molecular weight is 432 g/mol. The Labute approximate surface area is 180 Å². The number of hydrogen-bond donors (Lipinski definition) is 3. The van der Waals surface area contributed by atoms with E-state index in [1.807, 2.05) is 48.5 Å². The molecule has 152 valence electrons. The maximum absolute atomic E-state index is 11.1. The number of ketones is 1. The van der Waals surface area contributed by atoms with Gasteiger partial charge < -0.3 is 16.8 Å². The van der Waals surface area contributed by atoms with Crippen LogP contribution in [-0.2, 0) is 9.59 Å². The van der Waals surface area contributed by atoms with Gasteiger partial charge in [0.05, 0.1) is 6.42 Å². The molecular formula is C22H23Cl2N3O2. The van der Waals surface area contributed by atoms with Crippen LogP contribution in [0.2, 0.25) is 0 Å². The molecule has 0 heterocycles. The average Bonchev–Trinajstić information content (AvgIpc) is 2.65. The van der Waals surface area contributed by atoms with Gasteiger partial charge in [0.15, 0.2) is 4.33 Å². The Bertz CT molecular complexity index is 921. The zero-order valence-electron chi connectivity index (χ0n) is 16.0. The van der Waals surface area contributed by atoms with E-state index in [0.29, 0.717) is 17.8 Å². The van der Waals surface area contributed by atoms with Crippen LogP contribution in [0.25, 0.3) is 5.57 Å². The molecular weight excluding hydrogens is 409 g/mol. The van der Waals surface area contributed by atoms with E-state index in [1.165, 1.54) is 6.92 Å². The number of carbonyl (C=O) groups is 2. The van der Waals surface area contributed by atoms with Gasteiger partial charge in [-0.25, -0.2) is 0 Å². The first-order valence-electron chi connectivity index (χ1n) is 8.92. The van der Waals surface area contributed by atoms with Gasteiger partial charge in [-0.2, -0.15) is 0 Å². The highest BCUT2D eigenvalue weighted by atomic mass is 35.5. The van der Waals surface area contributed by atoms with Crippen LogP contribution < -0.4 is 16.8 Å². The lowest BCUT2D eigenvalue weighted by Crippen LogP contribution is -2.25. The Hall–Kier alpha value is -2.76. The molecule has 0 aromatic heterocycles. The van der Waals surface area contributed by atoms with Crippen LogP contribution in [0.5, 0.6) is 0 Å². The molecule has 1 amide bonds. The predicted molar refractivity (Wildman–Crippen MR) is 121 cm³/mol. The molecule has 5 nitrogen and oxygen atoms in total. The molecule has 1 aliphatic rings. The Kier molecular flexibility index (Phi) is 7.88. The second-order valence-corrected chi connectivity index (χ2v) is 8.09. The van der Waals surface area contributed by atoms with Crippen molar-refractivity contribution >= 4 is 51.8 Å². The van der Waals surface area contributed by atoms with Crippen molar-refractivity contribution < 1.29 is 9.59 Å². The number of nitrogen functional groups attached to an aromatic ring is 1. The molecule has 2 aromatic rings. The molecule has 0 bridgehead atoms. The van der Waals surface area contributed by atoms with Gasteiger partial charge in [-0.05, 0) is 48.4 Å². The topological polar surface area (TPSA) is 98.2 Å². The lowest BCUT2D eigenvalue weighted by molar-refractivity contribution is -0.124. The molecule has 1 aliphatic carbocycles. The number of anilines is 2. The van der Waals surface area contributed by atoms with Gasteiger partial charge >= 0.3 is 0 Å². The third kappa shape index (κ3) is 7.29. The highest BCUT2D eigenvalue weighted by Gasteiger charge is 2.31. The quantitative estimate of drug-likeness (QED) is 0.371. The van der Waals surface area contributed by atoms with Crippen molar-refractivity contribution in [2.45, 2.75) is 24.1 Å². The summed E-state index contributed by atoms with van der Waals surface area (Å²) in [6.07, 6.45) is 4.12. The number of amides is 1.